The van der Waals surface area contributed by atoms with Gasteiger partial charge in [-0.25, -0.2) is 0 Å². The Hall–Kier alpha value is -1.66. The standard InChI is InChI=1S/C15H20N2O3S/c1-19-12-7-4-6-11(15(16)21)14(12)17-13(18)9-10-5-2-3-8-20-10/h4,6-7,10H,2-3,5,8-9H2,1H3,(H2,16,21)(H,17,18). The maximum absolute atomic E-state index is 12.2. The summed E-state index contributed by atoms with van der Waals surface area (Å²) >= 11 is 5.02. The zero-order valence-electron chi connectivity index (χ0n) is 12.1. The Kier molecular flexibility index (Phi) is 5.52. The molecule has 1 saturated heterocycles. The van der Waals surface area contributed by atoms with E-state index >= 15 is 0 Å². The fraction of sp³-hybridized carbons (Fsp3) is 0.467. The van der Waals surface area contributed by atoms with E-state index in [0.29, 0.717) is 23.4 Å². The van der Waals surface area contributed by atoms with Crippen LogP contribution in [0.3, 0.4) is 0 Å². The van der Waals surface area contributed by atoms with Gasteiger partial charge in [0, 0.05) is 12.2 Å². The van der Waals surface area contributed by atoms with E-state index in [1.54, 1.807) is 25.3 Å². The quantitative estimate of drug-likeness (QED) is 0.816. The summed E-state index contributed by atoms with van der Waals surface area (Å²) in [7, 11) is 1.54. The lowest BCUT2D eigenvalue weighted by Crippen LogP contribution is -2.26. The van der Waals surface area contributed by atoms with Crippen molar-refractivity contribution in [1.29, 1.82) is 0 Å². The molecule has 5 nitrogen and oxygen atoms in total. The summed E-state index contributed by atoms with van der Waals surface area (Å²) in [5.74, 6) is 0.419. The van der Waals surface area contributed by atoms with Gasteiger partial charge in [0.25, 0.3) is 0 Å². The molecule has 1 atom stereocenters. The van der Waals surface area contributed by atoms with Gasteiger partial charge in [-0.3, -0.25) is 4.79 Å². The molecule has 0 bridgehead atoms. The number of hydrogen-bond acceptors (Lipinski definition) is 4. The molecule has 1 aliphatic heterocycles. The van der Waals surface area contributed by atoms with Gasteiger partial charge in [0.05, 0.1) is 25.3 Å². The molecular formula is C15H20N2O3S. The highest BCUT2D eigenvalue weighted by atomic mass is 32.1. The predicted molar refractivity (Wildman–Crippen MR) is 85.7 cm³/mol. The Morgan fingerprint density at radius 1 is 1.52 bits per heavy atom. The van der Waals surface area contributed by atoms with Crippen LogP contribution in [-0.2, 0) is 9.53 Å². The molecule has 0 saturated carbocycles. The summed E-state index contributed by atoms with van der Waals surface area (Å²) in [5, 5.41) is 2.85. The molecule has 2 rings (SSSR count). The lowest BCUT2D eigenvalue weighted by molar-refractivity contribution is -0.119. The van der Waals surface area contributed by atoms with Crippen LogP contribution < -0.4 is 15.8 Å². The number of anilines is 1. The van der Waals surface area contributed by atoms with Crippen molar-refractivity contribution in [3.8, 4) is 5.75 Å². The third-order valence-electron chi connectivity index (χ3n) is 3.46. The van der Waals surface area contributed by atoms with E-state index in [4.69, 9.17) is 27.4 Å². The molecule has 1 fully saturated rings. The van der Waals surface area contributed by atoms with Gasteiger partial charge in [0.15, 0.2) is 0 Å². The summed E-state index contributed by atoms with van der Waals surface area (Å²) in [5.41, 5.74) is 6.82. The van der Waals surface area contributed by atoms with Crippen molar-refractivity contribution in [3.05, 3.63) is 23.8 Å². The number of rotatable bonds is 5. The van der Waals surface area contributed by atoms with Gasteiger partial charge >= 0.3 is 0 Å². The van der Waals surface area contributed by atoms with Crippen molar-refractivity contribution in [1.82, 2.24) is 0 Å². The first kappa shape index (κ1) is 15.7. The van der Waals surface area contributed by atoms with E-state index in [1.165, 1.54) is 0 Å². The number of thiocarbonyl (C=S) groups is 1. The van der Waals surface area contributed by atoms with Gasteiger partial charge in [-0.15, -0.1) is 0 Å². The number of methoxy groups -OCH3 is 1. The second-order valence-corrected chi connectivity index (χ2v) is 5.43. The fourth-order valence-electron chi connectivity index (χ4n) is 2.40. The number of hydrogen-bond donors (Lipinski definition) is 2. The molecule has 114 valence electrons. The largest absolute Gasteiger partial charge is 0.495 e. The molecule has 1 unspecified atom stereocenters. The van der Waals surface area contributed by atoms with Crippen LogP contribution >= 0.6 is 12.2 Å². The zero-order chi connectivity index (χ0) is 15.2. The molecule has 1 aromatic rings. The Morgan fingerprint density at radius 2 is 2.33 bits per heavy atom. The molecule has 0 spiro atoms. The monoisotopic (exact) mass is 308 g/mol. The average Bonchev–Trinajstić information content (AvgIpc) is 2.48. The topological polar surface area (TPSA) is 73.6 Å². The van der Waals surface area contributed by atoms with Gasteiger partial charge in [-0.05, 0) is 31.4 Å². The Labute approximate surface area is 129 Å². The van der Waals surface area contributed by atoms with Crippen LogP contribution in [0.2, 0.25) is 0 Å². The maximum Gasteiger partial charge on any atom is 0.227 e. The van der Waals surface area contributed by atoms with Crippen molar-refractivity contribution < 1.29 is 14.3 Å². The molecule has 1 heterocycles. The SMILES string of the molecule is COc1cccc(C(N)=S)c1NC(=O)CC1CCCCO1. The highest BCUT2D eigenvalue weighted by Gasteiger charge is 2.20. The van der Waals surface area contributed by atoms with Crippen molar-refractivity contribution in [2.75, 3.05) is 19.0 Å². The molecule has 3 N–H and O–H groups in total. The van der Waals surface area contributed by atoms with Crippen LogP contribution in [0, 0.1) is 0 Å². The van der Waals surface area contributed by atoms with Crippen LogP contribution in [0.4, 0.5) is 5.69 Å². The minimum atomic E-state index is -0.121. The highest BCUT2D eigenvalue weighted by molar-refractivity contribution is 7.80. The van der Waals surface area contributed by atoms with Crippen LogP contribution in [0.1, 0.15) is 31.2 Å². The molecule has 1 aromatic carbocycles. The Bertz CT molecular complexity index is 528. The van der Waals surface area contributed by atoms with E-state index in [0.717, 1.165) is 25.9 Å². The number of nitrogens with two attached hydrogens (primary N) is 1. The van der Waals surface area contributed by atoms with Gasteiger partial charge in [0.2, 0.25) is 5.91 Å². The molecule has 1 aliphatic rings. The second-order valence-electron chi connectivity index (χ2n) is 4.99. The van der Waals surface area contributed by atoms with E-state index in [9.17, 15) is 4.79 Å². The number of benzene rings is 1. The Morgan fingerprint density at radius 3 is 2.95 bits per heavy atom. The van der Waals surface area contributed by atoms with Gasteiger partial charge < -0.3 is 20.5 Å². The lowest BCUT2D eigenvalue weighted by atomic mass is 10.1. The molecule has 1 amide bonds. The van der Waals surface area contributed by atoms with Gasteiger partial charge in [-0.1, -0.05) is 18.3 Å². The number of ether oxygens (including phenoxy) is 2. The van der Waals surface area contributed by atoms with E-state index in [1.807, 2.05) is 0 Å². The molecule has 0 radical (unpaired) electrons. The summed E-state index contributed by atoms with van der Waals surface area (Å²) in [4.78, 5) is 12.4. The van der Waals surface area contributed by atoms with Crippen molar-refractivity contribution in [3.63, 3.8) is 0 Å². The van der Waals surface area contributed by atoms with Crippen LogP contribution in [0.25, 0.3) is 0 Å². The molecule has 21 heavy (non-hydrogen) atoms. The summed E-state index contributed by atoms with van der Waals surface area (Å²) in [6, 6.07) is 5.30. The second kappa shape index (κ2) is 7.38. The van der Waals surface area contributed by atoms with E-state index in [2.05, 4.69) is 5.32 Å². The molecular weight excluding hydrogens is 288 g/mol. The molecule has 0 aliphatic carbocycles. The summed E-state index contributed by atoms with van der Waals surface area (Å²) < 4.78 is 10.8. The number of para-hydroxylation sites is 1. The van der Waals surface area contributed by atoms with Crippen LogP contribution in [-0.4, -0.2) is 30.7 Å². The summed E-state index contributed by atoms with van der Waals surface area (Å²) in [6.07, 6.45) is 3.40. The van der Waals surface area contributed by atoms with Crippen LogP contribution in [0.15, 0.2) is 18.2 Å². The van der Waals surface area contributed by atoms with Crippen LogP contribution in [0.5, 0.6) is 5.75 Å². The number of nitrogens with one attached hydrogen (secondary N) is 1. The van der Waals surface area contributed by atoms with Crippen molar-refractivity contribution in [2.45, 2.75) is 31.8 Å². The maximum atomic E-state index is 12.2. The third-order valence-corrected chi connectivity index (χ3v) is 3.68. The van der Waals surface area contributed by atoms with Crippen molar-refractivity contribution >= 4 is 28.8 Å². The number of carbonyl (C=O) groups is 1. The molecule has 6 heteroatoms. The van der Waals surface area contributed by atoms with E-state index in [-0.39, 0.29) is 17.0 Å². The minimum absolute atomic E-state index is 0.0123. The normalized spacial score (nSPS) is 18.0. The zero-order valence-corrected chi connectivity index (χ0v) is 12.9. The smallest absolute Gasteiger partial charge is 0.227 e. The first-order valence-corrected chi connectivity index (χ1v) is 7.41. The number of carbonyl (C=O) groups excluding carboxylic acids is 1. The Balaban J connectivity index is 2.10. The third kappa shape index (κ3) is 4.15. The van der Waals surface area contributed by atoms with E-state index < -0.39 is 0 Å². The predicted octanol–water partition coefficient (Wildman–Crippen LogP) is 2.23. The number of amides is 1. The minimum Gasteiger partial charge on any atom is -0.495 e. The first-order chi connectivity index (χ1) is 10.1. The van der Waals surface area contributed by atoms with Gasteiger partial charge in [0.1, 0.15) is 10.7 Å². The molecule has 0 aromatic heterocycles. The first-order valence-electron chi connectivity index (χ1n) is 7.00. The average molecular weight is 308 g/mol. The summed E-state index contributed by atoms with van der Waals surface area (Å²) in [6.45, 7) is 0.727. The highest BCUT2D eigenvalue weighted by Crippen LogP contribution is 2.29. The lowest BCUT2D eigenvalue weighted by Gasteiger charge is -2.22. The van der Waals surface area contributed by atoms with Crippen molar-refractivity contribution in [2.24, 2.45) is 5.73 Å². The fourth-order valence-corrected chi connectivity index (χ4v) is 2.57. The van der Waals surface area contributed by atoms with Gasteiger partial charge in [-0.2, -0.15) is 0 Å².